The maximum absolute atomic E-state index is 12.0. The standard InChI is InChI=1S/C17H20N4OS/c1-21(2)17-18-11-12-10-13(5-7-15(12)20-17)19-16(22)8-6-14-4-3-9-23-14/h3-4,6,8-9,11,13H,5,7,10H2,1-2H3,(H,19,22)/b8-6+/t13-/m0/s1. The third-order valence-corrected chi connectivity index (χ3v) is 4.66. The minimum atomic E-state index is -0.0438. The van der Waals surface area contributed by atoms with E-state index in [0.717, 1.165) is 41.3 Å². The highest BCUT2D eigenvalue weighted by molar-refractivity contribution is 7.10. The van der Waals surface area contributed by atoms with E-state index >= 15 is 0 Å². The summed E-state index contributed by atoms with van der Waals surface area (Å²) in [4.78, 5) is 24.0. The number of hydrogen-bond donors (Lipinski definition) is 1. The van der Waals surface area contributed by atoms with Gasteiger partial charge in [-0.1, -0.05) is 6.07 Å². The van der Waals surface area contributed by atoms with Gasteiger partial charge in [-0.2, -0.15) is 0 Å². The van der Waals surface area contributed by atoms with Crippen molar-refractivity contribution in [2.24, 2.45) is 0 Å². The first-order chi connectivity index (χ1) is 11.1. The summed E-state index contributed by atoms with van der Waals surface area (Å²) < 4.78 is 0. The zero-order valence-electron chi connectivity index (χ0n) is 13.3. The van der Waals surface area contributed by atoms with Crippen molar-refractivity contribution in [1.29, 1.82) is 0 Å². The number of nitrogens with zero attached hydrogens (tertiary/aromatic N) is 3. The SMILES string of the molecule is CN(C)c1ncc2c(n1)CC[C@H](NC(=O)/C=C/c1cccs1)C2. The Morgan fingerprint density at radius 3 is 3.09 bits per heavy atom. The Kier molecular flexibility index (Phi) is 4.71. The van der Waals surface area contributed by atoms with E-state index in [2.05, 4.69) is 15.3 Å². The first-order valence-corrected chi connectivity index (χ1v) is 8.54. The highest BCUT2D eigenvalue weighted by Crippen LogP contribution is 2.21. The summed E-state index contributed by atoms with van der Waals surface area (Å²) in [6, 6.07) is 4.12. The molecule has 0 radical (unpaired) electrons. The number of anilines is 1. The van der Waals surface area contributed by atoms with Crippen LogP contribution in [0.25, 0.3) is 6.08 Å². The molecular weight excluding hydrogens is 308 g/mol. The topological polar surface area (TPSA) is 58.1 Å². The lowest BCUT2D eigenvalue weighted by Crippen LogP contribution is -2.38. The minimum Gasteiger partial charge on any atom is -0.349 e. The number of aromatic nitrogens is 2. The average Bonchev–Trinajstić information content (AvgIpc) is 3.06. The average molecular weight is 328 g/mol. The van der Waals surface area contributed by atoms with E-state index in [4.69, 9.17) is 0 Å². The van der Waals surface area contributed by atoms with Gasteiger partial charge in [-0.25, -0.2) is 9.97 Å². The summed E-state index contributed by atoms with van der Waals surface area (Å²) in [5.74, 6) is 0.697. The second-order valence-electron chi connectivity index (χ2n) is 5.83. The Balaban J connectivity index is 1.60. The van der Waals surface area contributed by atoms with Crippen molar-refractivity contribution in [3.8, 4) is 0 Å². The van der Waals surface area contributed by atoms with E-state index in [1.54, 1.807) is 17.4 Å². The fourth-order valence-electron chi connectivity index (χ4n) is 2.63. The number of thiophene rings is 1. The van der Waals surface area contributed by atoms with Gasteiger partial charge in [-0.3, -0.25) is 4.79 Å². The highest BCUT2D eigenvalue weighted by atomic mass is 32.1. The van der Waals surface area contributed by atoms with Gasteiger partial charge < -0.3 is 10.2 Å². The van der Waals surface area contributed by atoms with Crippen molar-refractivity contribution >= 4 is 29.3 Å². The molecule has 6 heteroatoms. The van der Waals surface area contributed by atoms with Gasteiger partial charge in [0.05, 0.1) is 0 Å². The molecule has 0 aliphatic heterocycles. The normalized spacial score (nSPS) is 17.0. The smallest absolute Gasteiger partial charge is 0.244 e. The lowest BCUT2D eigenvalue weighted by Gasteiger charge is -2.25. The number of carbonyl (C=O) groups excluding carboxylic acids is 1. The number of nitrogens with one attached hydrogen (secondary N) is 1. The molecule has 1 aliphatic rings. The zero-order valence-corrected chi connectivity index (χ0v) is 14.1. The van der Waals surface area contributed by atoms with Crippen molar-refractivity contribution in [3.63, 3.8) is 0 Å². The fourth-order valence-corrected chi connectivity index (χ4v) is 3.25. The molecule has 3 rings (SSSR count). The molecule has 1 amide bonds. The molecule has 1 aliphatic carbocycles. The maximum Gasteiger partial charge on any atom is 0.244 e. The van der Waals surface area contributed by atoms with Crippen LogP contribution in [0.15, 0.2) is 29.8 Å². The van der Waals surface area contributed by atoms with Gasteiger partial charge in [-0.05, 0) is 42.3 Å². The number of rotatable bonds is 4. The first kappa shape index (κ1) is 15.7. The maximum atomic E-state index is 12.0. The number of carbonyl (C=O) groups is 1. The van der Waals surface area contributed by atoms with Crippen molar-refractivity contribution in [1.82, 2.24) is 15.3 Å². The molecule has 0 saturated carbocycles. The van der Waals surface area contributed by atoms with Crippen LogP contribution in [0.5, 0.6) is 0 Å². The second kappa shape index (κ2) is 6.91. The van der Waals surface area contributed by atoms with E-state index in [9.17, 15) is 4.79 Å². The van der Waals surface area contributed by atoms with E-state index in [0.29, 0.717) is 0 Å². The molecule has 0 spiro atoms. The fraction of sp³-hybridized carbons (Fsp3) is 0.353. The molecule has 0 aromatic carbocycles. The van der Waals surface area contributed by atoms with E-state index < -0.39 is 0 Å². The summed E-state index contributed by atoms with van der Waals surface area (Å²) in [6.07, 6.45) is 7.92. The Bertz CT molecular complexity index is 709. The molecule has 0 fully saturated rings. The van der Waals surface area contributed by atoms with Gasteiger partial charge in [0.25, 0.3) is 0 Å². The monoisotopic (exact) mass is 328 g/mol. The van der Waals surface area contributed by atoms with Crippen molar-refractivity contribution in [3.05, 3.63) is 45.9 Å². The molecule has 2 aromatic rings. The number of aryl methyl sites for hydroxylation is 1. The van der Waals surface area contributed by atoms with Crippen LogP contribution < -0.4 is 10.2 Å². The molecule has 2 aromatic heterocycles. The van der Waals surface area contributed by atoms with Gasteiger partial charge in [0.2, 0.25) is 11.9 Å². The molecule has 0 bridgehead atoms. The molecule has 1 N–H and O–H groups in total. The summed E-state index contributed by atoms with van der Waals surface area (Å²) in [6.45, 7) is 0. The van der Waals surface area contributed by atoms with Gasteiger partial charge in [0.15, 0.2) is 0 Å². The van der Waals surface area contributed by atoms with Crippen molar-refractivity contribution in [2.75, 3.05) is 19.0 Å². The third-order valence-electron chi connectivity index (χ3n) is 3.83. The number of amides is 1. The zero-order chi connectivity index (χ0) is 16.2. The van der Waals surface area contributed by atoms with Crippen LogP contribution in [0, 0.1) is 0 Å². The second-order valence-corrected chi connectivity index (χ2v) is 6.81. The van der Waals surface area contributed by atoms with Gasteiger partial charge >= 0.3 is 0 Å². The summed E-state index contributed by atoms with van der Waals surface area (Å²) in [7, 11) is 3.88. The quantitative estimate of drug-likeness (QED) is 0.875. The molecule has 23 heavy (non-hydrogen) atoms. The molecule has 5 nitrogen and oxygen atoms in total. The summed E-state index contributed by atoms with van der Waals surface area (Å²) in [5.41, 5.74) is 2.23. The molecule has 1 atom stereocenters. The Hall–Kier alpha value is -2.21. The van der Waals surface area contributed by atoms with Crippen LogP contribution >= 0.6 is 11.3 Å². The van der Waals surface area contributed by atoms with E-state index in [1.165, 1.54) is 0 Å². The van der Waals surface area contributed by atoms with E-state index in [-0.39, 0.29) is 11.9 Å². The summed E-state index contributed by atoms with van der Waals surface area (Å²) >= 11 is 1.62. The number of fused-ring (bicyclic) bond motifs is 1. The molecule has 0 unspecified atom stereocenters. The summed E-state index contributed by atoms with van der Waals surface area (Å²) in [5, 5.41) is 5.07. The molecule has 0 saturated heterocycles. The third kappa shape index (κ3) is 3.96. The van der Waals surface area contributed by atoms with Crippen LogP contribution in [0.3, 0.4) is 0 Å². The Labute approximate surface area is 140 Å². The molecular formula is C17H20N4OS. The van der Waals surface area contributed by atoms with Crippen LogP contribution in [-0.2, 0) is 17.6 Å². The van der Waals surface area contributed by atoms with Crippen molar-refractivity contribution < 1.29 is 4.79 Å². The largest absolute Gasteiger partial charge is 0.349 e. The minimum absolute atomic E-state index is 0.0438. The van der Waals surface area contributed by atoms with Crippen LogP contribution in [0.4, 0.5) is 5.95 Å². The van der Waals surface area contributed by atoms with Gasteiger partial charge in [0.1, 0.15) is 0 Å². The van der Waals surface area contributed by atoms with Crippen LogP contribution in [0.1, 0.15) is 22.6 Å². The lowest BCUT2D eigenvalue weighted by molar-refractivity contribution is -0.117. The highest BCUT2D eigenvalue weighted by Gasteiger charge is 2.21. The Morgan fingerprint density at radius 1 is 1.48 bits per heavy atom. The molecule has 2 heterocycles. The predicted octanol–water partition coefficient (Wildman–Crippen LogP) is 2.29. The predicted molar refractivity (Wildman–Crippen MR) is 93.7 cm³/mol. The van der Waals surface area contributed by atoms with Gasteiger partial charge in [-0.15, -0.1) is 11.3 Å². The number of hydrogen-bond acceptors (Lipinski definition) is 5. The van der Waals surface area contributed by atoms with Gasteiger partial charge in [0, 0.05) is 43.0 Å². The Morgan fingerprint density at radius 2 is 2.35 bits per heavy atom. The van der Waals surface area contributed by atoms with Crippen molar-refractivity contribution in [2.45, 2.75) is 25.3 Å². The first-order valence-electron chi connectivity index (χ1n) is 7.66. The lowest BCUT2D eigenvalue weighted by atomic mass is 9.93. The van der Waals surface area contributed by atoms with E-state index in [1.807, 2.05) is 48.8 Å². The van der Waals surface area contributed by atoms with Crippen LogP contribution in [-0.4, -0.2) is 36.0 Å². The van der Waals surface area contributed by atoms with Crippen LogP contribution in [0.2, 0.25) is 0 Å². The molecule has 120 valence electrons.